The van der Waals surface area contributed by atoms with Crippen LogP contribution in [0.25, 0.3) is 0 Å². The molecule has 0 bridgehead atoms. The number of ketones is 1. The highest BCUT2D eigenvalue weighted by atomic mass is 16.1. The smallest absolute Gasteiger partial charge is 0.149 e. The second kappa shape index (κ2) is 3.67. The summed E-state index contributed by atoms with van der Waals surface area (Å²) in [5, 5.41) is 0. The molecule has 0 saturated heterocycles. The van der Waals surface area contributed by atoms with Gasteiger partial charge in [-0.2, -0.15) is 0 Å². The van der Waals surface area contributed by atoms with Gasteiger partial charge in [-0.3, -0.25) is 4.79 Å². The van der Waals surface area contributed by atoms with Gasteiger partial charge in [-0.05, 0) is 25.7 Å². The Balaban J connectivity index is 2.25. The molecule has 11 heavy (non-hydrogen) atoms. The van der Waals surface area contributed by atoms with E-state index in [0.29, 0.717) is 12.3 Å². The van der Waals surface area contributed by atoms with Crippen LogP contribution in [-0.2, 0) is 4.79 Å². The van der Waals surface area contributed by atoms with Crippen LogP contribution in [0.5, 0.6) is 0 Å². The fourth-order valence-electron chi connectivity index (χ4n) is 1.31. The Bertz CT molecular complexity index is 164. The average molecular weight is 153 g/mol. The van der Waals surface area contributed by atoms with Crippen molar-refractivity contribution in [3.05, 3.63) is 12.2 Å². The van der Waals surface area contributed by atoms with E-state index in [9.17, 15) is 4.79 Å². The Morgan fingerprint density at radius 1 is 1.64 bits per heavy atom. The largest absolute Gasteiger partial charge is 0.322 e. The van der Waals surface area contributed by atoms with Crippen LogP contribution in [0.15, 0.2) is 12.2 Å². The quantitative estimate of drug-likeness (QED) is 0.620. The van der Waals surface area contributed by atoms with Crippen LogP contribution >= 0.6 is 0 Å². The molecule has 1 atom stereocenters. The fraction of sp³-hybridized carbons (Fsp3) is 0.667. The molecule has 2 nitrogen and oxygen atoms in total. The first kappa shape index (κ1) is 8.47. The van der Waals surface area contributed by atoms with E-state index >= 15 is 0 Å². The molecule has 62 valence electrons. The topological polar surface area (TPSA) is 43.1 Å². The van der Waals surface area contributed by atoms with Crippen molar-refractivity contribution < 1.29 is 4.79 Å². The molecular weight excluding hydrogens is 138 g/mol. The van der Waals surface area contributed by atoms with Crippen molar-refractivity contribution in [1.82, 2.24) is 0 Å². The summed E-state index contributed by atoms with van der Waals surface area (Å²) >= 11 is 0. The molecule has 1 rings (SSSR count). The summed E-state index contributed by atoms with van der Waals surface area (Å²) in [6, 6.07) is -0.282. The minimum Gasteiger partial charge on any atom is -0.322 e. The standard InChI is InChI=1S/C9H15NO/c1-7(10)9(11)6-8-4-2-3-5-8/h2-3,7-8H,4-6,10H2,1H3/t7-/m0/s1. The molecule has 0 aromatic carbocycles. The van der Waals surface area contributed by atoms with Crippen LogP contribution in [0.2, 0.25) is 0 Å². The lowest BCUT2D eigenvalue weighted by atomic mass is 9.98. The molecule has 0 spiro atoms. The maximum Gasteiger partial charge on any atom is 0.149 e. The van der Waals surface area contributed by atoms with E-state index in [1.165, 1.54) is 0 Å². The summed E-state index contributed by atoms with van der Waals surface area (Å²) in [6.07, 6.45) is 7.04. The highest BCUT2D eigenvalue weighted by Gasteiger charge is 2.16. The summed E-state index contributed by atoms with van der Waals surface area (Å²) in [5.41, 5.74) is 5.44. The van der Waals surface area contributed by atoms with Gasteiger partial charge in [-0.1, -0.05) is 12.2 Å². The summed E-state index contributed by atoms with van der Waals surface area (Å²) in [4.78, 5) is 11.1. The third-order valence-corrected chi connectivity index (χ3v) is 2.10. The average Bonchev–Trinajstić information content (AvgIpc) is 2.39. The number of carbonyl (C=O) groups is 1. The molecule has 0 radical (unpaired) electrons. The van der Waals surface area contributed by atoms with Crippen molar-refractivity contribution in [1.29, 1.82) is 0 Å². The zero-order valence-electron chi connectivity index (χ0n) is 6.92. The number of nitrogens with two attached hydrogens (primary N) is 1. The first-order valence-electron chi connectivity index (χ1n) is 4.13. The van der Waals surface area contributed by atoms with E-state index in [1.807, 2.05) is 0 Å². The molecule has 0 fully saturated rings. The van der Waals surface area contributed by atoms with Gasteiger partial charge in [0.1, 0.15) is 5.78 Å². The zero-order valence-corrected chi connectivity index (χ0v) is 6.92. The van der Waals surface area contributed by atoms with Crippen molar-refractivity contribution in [2.75, 3.05) is 0 Å². The highest BCUT2D eigenvalue weighted by Crippen LogP contribution is 2.21. The SMILES string of the molecule is C[C@H](N)C(=O)CC1CC=CC1. The third-order valence-electron chi connectivity index (χ3n) is 2.10. The maximum absolute atomic E-state index is 11.1. The molecule has 0 aliphatic heterocycles. The Morgan fingerprint density at radius 3 is 2.64 bits per heavy atom. The number of carbonyl (C=O) groups excluding carboxylic acids is 1. The maximum atomic E-state index is 11.1. The van der Waals surface area contributed by atoms with Crippen LogP contribution in [0.4, 0.5) is 0 Å². The Labute approximate surface area is 67.5 Å². The molecule has 0 saturated carbocycles. The lowest BCUT2D eigenvalue weighted by molar-refractivity contribution is -0.120. The number of rotatable bonds is 3. The highest BCUT2D eigenvalue weighted by molar-refractivity contribution is 5.83. The van der Waals surface area contributed by atoms with Crippen molar-refractivity contribution in [3.8, 4) is 0 Å². The van der Waals surface area contributed by atoms with E-state index in [0.717, 1.165) is 12.8 Å². The molecule has 0 aromatic heterocycles. The summed E-state index contributed by atoms with van der Waals surface area (Å²) in [7, 11) is 0. The van der Waals surface area contributed by atoms with Crippen molar-refractivity contribution in [2.45, 2.75) is 32.2 Å². The molecule has 0 amide bonds. The first-order valence-corrected chi connectivity index (χ1v) is 4.13. The first-order chi connectivity index (χ1) is 5.20. The van der Waals surface area contributed by atoms with Crippen molar-refractivity contribution in [3.63, 3.8) is 0 Å². The fourth-order valence-corrected chi connectivity index (χ4v) is 1.31. The van der Waals surface area contributed by atoms with Crippen LogP contribution in [0, 0.1) is 5.92 Å². The predicted molar refractivity (Wildman–Crippen MR) is 45.1 cm³/mol. The van der Waals surface area contributed by atoms with Crippen LogP contribution in [-0.4, -0.2) is 11.8 Å². The number of Topliss-reactive ketones (excluding diaryl/α,β-unsaturated/α-hetero) is 1. The minimum absolute atomic E-state index is 0.193. The molecule has 2 heteroatoms. The van der Waals surface area contributed by atoms with Gasteiger partial charge in [-0.25, -0.2) is 0 Å². The zero-order chi connectivity index (χ0) is 8.27. The molecule has 2 N–H and O–H groups in total. The van der Waals surface area contributed by atoms with Gasteiger partial charge in [0.15, 0.2) is 0 Å². The number of hydrogen-bond acceptors (Lipinski definition) is 2. The summed E-state index contributed by atoms with van der Waals surface area (Å²) in [6.45, 7) is 1.75. The second-order valence-corrected chi connectivity index (χ2v) is 3.27. The number of hydrogen-bond donors (Lipinski definition) is 1. The summed E-state index contributed by atoms with van der Waals surface area (Å²) in [5.74, 6) is 0.729. The molecule has 0 heterocycles. The second-order valence-electron chi connectivity index (χ2n) is 3.27. The Morgan fingerprint density at radius 2 is 2.18 bits per heavy atom. The van der Waals surface area contributed by atoms with Gasteiger partial charge in [-0.15, -0.1) is 0 Å². The molecule has 1 aliphatic rings. The minimum atomic E-state index is -0.282. The normalized spacial score (nSPS) is 20.5. The van der Waals surface area contributed by atoms with Gasteiger partial charge in [0.05, 0.1) is 6.04 Å². The Hall–Kier alpha value is -0.630. The van der Waals surface area contributed by atoms with Gasteiger partial charge in [0.2, 0.25) is 0 Å². The van der Waals surface area contributed by atoms with Gasteiger partial charge >= 0.3 is 0 Å². The Kier molecular flexibility index (Phi) is 2.83. The molecule has 0 unspecified atom stereocenters. The van der Waals surface area contributed by atoms with Crippen molar-refractivity contribution >= 4 is 5.78 Å². The lowest BCUT2D eigenvalue weighted by Gasteiger charge is -2.09. The van der Waals surface area contributed by atoms with Crippen LogP contribution in [0.3, 0.4) is 0 Å². The van der Waals surface area contributed by atoms with Crippen molar-refractivity contribution in [2.24, 2.45) is 11.7 Å². The van der Waals surface area contributed by atoms with E-state index < -0.39 is 0 Å². The third kappa shape index (κ3) is 2.46. The molecular formula is C9H15NO. The van der Waals surface area contributed by atoms with Gasteiger partial charge < -0.3 is 5.73 Å². The van der Waals surface area contributed by atoms with Crippen LogP contribution < -0.4 is 5.73 Å². The monoisotopic (exact) mass is 153 g/mol. The van der Waals surface area contributed by atoms with Gasteiger partial charge in [0, 0.05) is 6.42 Å². The lowest BCUT2D eigenvalue weighted by Crippen LogP contribution is -2.27. The van der Waals surface area contributed by atoms with Crippen LogP contribution in [0.1, 0.15) is 26.2 Å². The van der Waals surface area contributed by atoms with Gasteiger partial charge in [0.25, 0.3) is 0 Å². The molecule has 0 aromatic rings. The predicted octanol–water partition coefficient (Wildman–Crippen LogP) is 1.26. The number of allylic oxidation sites excluding steroid dienone is 2. The van der Waals surface area contributed by atoms with E-state index in [-0.39, 0.29) is 11.8 Å². The molecule has 1 aliphatic carbocycles. The van der Waals surface area contributed by atoms with E-state index in [2.05, 4.69) is 12.2 Å². The van der Waals surface area contributed by atoms with E-state index in [1.54, 1.807) is 6.92 Å². The summed E-state index contributed by atoms with van der Waals surface area (Å²) < 4.78 is 0. The van der Waals surface area contributed by atoms with E-state index in [4.69, 9.17) is 5.73 Å².